The van der Waals surface area contributed by atoms with Crippen molar-refractivity contribution in [2.75, 3.05) is 25.0 Å². The van der Waals surface area contributed by atoms with Crippen molar-refractivity contribution in [3.8, 4) is 0 Å². The molecule has 2 aliphatic heterocycles. The van der Waals surface area contributed by atoms with Crippen LogP contribution >= 0.6 is 0 Å². The van der Waals surface area contributed by atoms with Crippen molar-refractivity contribution < 1.29 is 9.53 Å². The van der Waals surface area contributed by atoms with E-state index in [2.05, 4.69) is 36.5 Å². The number of para-hydroxylation sites is 1. The van der Waals surface area contributed by atoms with Crippen LogP contribution in [0.15, 0.2) is 35.5 Å². The first-order chi connectivity index (χ1) is 10.2. The average molecular weight is 286 g/mol. The monoisotopic (exact) mass is 286 g/mol. The Morgan fingerprint density at radius 1 is 1.43 bits per heavy atom. The summed E-state index contributed by atoms with van der Waals surface area (Å²) in [5.74, 6) is 0.340. The van der Waals surface area contributed by atoms with Crippen LogP contribution in [0.25, 0.3) is 0 Å². The molecule has 0 aromatic heterocycles. The summed E-state index contributed by atoms with van der Waals surface area (Å²) in [5, 5.41) is 3.56. The Hall–Kier alpha value is -1.97. The lowest BCUT2D eigenvalue weighted by Gasteiger charge is -2.30. The fourth-order valence-electron chi connectivity index (χ4n) is 3.24. The summed E-state index contributed by atoms with van der Waals surface area (Å²) in [6.45, 7) is 5.93. The number of anilines is 1. The van der Waals surface area contributed by atoms with E-state index in [0.29, 0.717) is 19.1 Å². The van der Waals surface area contributed by atoms with Crippen LogP contribution in [0.3, 0.4) is 0 Å². The fraction of sp³-hybridized carbons (Fsp3) is 0.471. The normalized spacial score (nSPS) is 21.0. The van der Waals surface area contributed by atoms with Gasteiger partial charge in [-0.3, -0.25) is 0 Å². The van der Waals surface area contributed by atoms with Crippen LogP contribution in [-0.2, 0) is 4.74 Å². The second-order valence-corrected chi connectivity index (χ2v) is 5.66. The minimum Gasteiger partial charge on any atom is -0.450 e. The number of amides is 1. The standard InChI is InChI=1S/C17H22N2O2/c1-3-21-17(20)19-10-6-9-16-14(11-19)12(2)13-7-4-5-8-15(13)18-16/h4-5,7-8,12,18H,3,6,9-11H2,1-2H3. The third kappa shape index (κ3) is 2.62. The lowest BCUT2D eigenvalue weighted by atomic mass is 9.86. The highest BCUT2D eigenvalue weighted by Gasteiger charge is 2.29. The number of carbonyl (C=O) groups excluding carboxylic acids is 1. The number of nitrogens with zero attached hydrogens (tertiary/aromatic N) is 1. The Balaban J connectivity index is 1.87. The van der Waals surface area contributed by atoms with E-state index in [-0.39, 0.29) is 6.09 Å². The molecule has 2 aliphatic rings. The van der Waals surface area contributed by atoms with Crippen molar-refractivity contribution in [1.82, 2.24) is 4.90 Å². The zero-order valence-corrected chi connectivity index (χ0v) is 12.7. The van der Waals surface area contributed by atoms with Gasteiger partial charge in [0.25, 0.3) is 0 Å². The van der Waals surface area contributed by atoms with Crippen LogP contribution in [-0.4, -0.2) is 30.7 Å². The molecular formula is C17H22N2O2. The van der Waals surface area contributed by atoms with E-state index < -0.39 is 0 Å². The molecule has 4 heteroatoms. The zero-order chi connectivity index (χ0) is 14.8. The Labute approximate surface area is 125 Å². The number of allylic oxidation sites excluding steroid dienone is 1. The lowest BCUT2D eigenvalue weighted by molar-refractivity contribution is 0.110. The van der Waals surface area contributed by atoms with Gasteiger partial charge in [-0.2, -0.15) is 0 Å². The second kappa shape index (κ2) is 5.80. The third-order valence-corrected chi connectivity index (χ3v) is 4.37. The SMILES string of the molecule is CCOC(=O)N1CCCC2=C(C1)C(C)c1ccccc1N2. The van der Waals surface area contributed by atoms with Gasteiger partial charge in [0.1, 0.15) is 0 Å². The maximum Gasteiger partial charge on any atom is 0.410 e. The molecule has 1 N–H and O–H groups in total. The molecule has 0 saturated heterocycles. The molecule has 21 heavy (non-hydrogen) atoms. The van der Waals surface area contributed by atoms with E-state index in [4.69, 9.17) is 4.74 Å². The number of hydrogen-bond acceptors (Lipinski definition) is 3. The van der Waals surface area contributed by atoms with Gasteiger partial charge in [0.05, 0.1) is 6.61 Å². The van der Waals surface area contributed by atoms with Crippen LogP contribution in [0.5, 0.6) is 0 Å². The lowest BCUT2D eigenvalue weighted by Crippen LogP contribution is -2.34. The summed E-state index contributed by atoms with van der Waals surface area (Å²) in [5.41, 5.74) is 5.11. The van der Waals surface area contributed by atoms with Crippen molar-refractivity contribution in [1.29, 1.82) is 0 Å². The summed E-state index contributed by atoms with van der Waals surface area (Å²) < 4.78 is 5.17. The molecule has 112 valence electrons. The van der Waals surface area contributed by atoms with Crippen LogP contribution in [0, 0.1) is 0 Å². The van der Waals surface area contributed by atoms with Gasteiger partial charge in [0, 0.05) is 30.4 Å². The van der Waals surface area contributed by atoms with E-state index >= 15 is 0 Å². The van der Waals surface area contributed by atoms with Crippen LogP contribution < -0.4 is 5.32 Å². The van der Waals surface area contributed by atoms with Crippen LogP contribution in [0.2, 0.25) is 0 Å². The van der Waals surface area contributed by atoms with Gasteiger partial charge in [-0.15, -0.1) is 0 Å². The predicted molar refractivity (Wildman–Crippen MR) is 83.3 cm³/mol. The van der Waals surface area contributed by atoms with Gasteiger partial charge in [-0.25, -0.2) is 4.79 Å². The van der Waals surface area contributed by atoms with E-state index in [1.54, 1.807) is 0 Å². The molecule has 0 fully saturated rings. The topological polar surface area (TPSA) is 41.6 Å². The first-order valence-electron chi connectivity index (χ1n) is 7.70. The van der Waals surface area contributed by atoms with Gasteiger partial charge < -0.3 is 15.0 Å². The summed E-state index contributed by atoms with van der Waals surface area (Å²) in [4.78, 5) is 13.9. The minimum absolute atomic E-state index is 0.197. The Kier molecular flexibility index (Phi) is 3.86. The quantitative estimate of drug-likeness (QED) is 0.855. The molecule has 4 nitrogen and oxygen atoms in total. The molecule has 2 heterocycles. The zero-order valence-electron chi connectivity index (χ0n) is 12.7. The maximum absolute atomic E-state index is 12.0. The van der Waals surface area contributed by atoms with Crippen molar-refractivity contribution >= 4 is 11.8 Å². The van der Waals surface area contributed by atoms with Gasteiger partial charge in [-0.05, 0) is 37.0 Å². The number of fused-ring (bicyclic) bond motifs is 1. The highest BCUT2D eigenvalue weighted by atomic mass is 16.6. The summed E-state index contributed by atoms with van der Waals surface area (Å²) in [7, 11) is 0. The number of hydrogen-bond donors (Lipinski definition) is 1. The highest BCUT2D eigenvalue weighted by molar-refractivity contribution is 5.69. The van der Waals surface area contributed by atoms with E-state index in [1.807, 2.05) is 11.8 Å². The molecular weight excluding hydrogens is 264 g/mol. The molecule has 1 unspecified atom stereocenters. The molecule has 0 bridgehead atoms. The predicted octanol–water partition coefficient (Wildman–Crippen LogP) is 3.72. The average Bonchev–Trinajstić information content (AvgIpc) is 2.70. The molecule has 3 rings (SSSR count). The molecule has 0 spiro atoms. The number of carbonyl (C=O) groups is 1. The van der Waals surface area contributed by atoms with Crippen molar-refractivity contribution in [3.63, 3.8) is 0 Å². The summed E-state index contributed by atoms with van der Waals surface area (Å²) in [6.07, 6.45) is 1.76. The van der Waals surface area contributed by atoms with Crippen LogP contribution in [0.4, 0.5) is 10.5 Å². The number of nitrogens with one attached hydrogen (secondary N) is 1. The first kappa shape index (κ1) is 14.0. The van der Waals surface area contributed by atoms with Gasteiger partial charge in [0.2, 0.25) is 0 Å². The Morgan fingerprint density at radius 3 is 3.05 bits per heavy atom. The van der Waals surface area contributed by atoms with E-state index in [0.717, 1.165) is 19.4 Å². The Morgan fingerprint density at radius 2 is 2.24 bits per heavy atom. The number of ether oxygens (including phenoxy) is 1. The third-order valence-electron chi connectivity index (χ3n) is 4.37. The molecule has 1 amide bonds. The molecule has 0 radical (unpaired) electrons. The summed E-state index contributed by atoms with van der Waals surface area (Å²) >= 11 is 0. The molecule has 0 aliphatic carbocycles. The second-order valence-electron chi connectivity index (χ2n) is 5.66. The molecule has 0 saturated carbocycles. The van der Waals surface area contributed by atoms with Gasteiger partial charge >= 0.3 is 6.09 Å². The number of benzene rings is 1. The van der Waals surface area contributed by atoms with Gasteiger partial charge in [0.15, 0.2) is 0 Å². The van der Waals surface area contributed by atoms with E-state index in [9.17, 15) is 4.79 Å². The minimum atomic E-state index is -0.197. The van der Waals surface area contributed by atoms with Gasteiger partial charge in [-0.1, -0.05) is 25.1 Å². The van der Waals surface area contributed by atoms with Crippen LogP contribution in [0.1, 0.15) is 38.2 Å². The largest absolute Gasteiger partial charge is 0.450 e. The number of rotatable bonds is 1. The van der Waals surface area contributed by atoms with Crippen molar-refractivity contribution in [3.05, 3.63) is 41.1 Å². The molecule has 1 aromatic rings. The highest BCUT2D eigenvalue weighted by Crippen LogP contribution is 2.39. The Bertz CT molecular complexity index is 580. The maximum atomic E-state index is 12.0. The molecule has 1 aromatic carbocycles. The smallest absolute Gasteiger partial charge is 0.410 e. The first-order valence-corrected chi connectivity index (χ1v) is 7.70. The fourth-order valence-corrected chi connectivity index (χ4v) is 3.24. The van der Waals surface area contributed by atoms with E-state index in [1.165, 1.54) is 22.5 Å². The molecule has 1 atom stereocenters. The van der Waals surface area contributed by atoms with Crippen molar-refractivity contribution in [2.45, 2.75) is 32.6 Å². The van der Waals surface area contributed by atoms with Crippen molar-refractivity contribution in [2.24, 2.45) is 0 Å². The summed E-state index contributed by atoms with van der Waals surface area (Å²) in [6, 6.07) is 8.42.